The summed E-state index contributed by atoms with van der Waals surface area (Å²) in [5.74, 6) is 1.90. The van der Waals surface area contributed by atoms with E-state index in [4.69, 9.17) is 4.74 Å². The first-order chi connectivity index (χ1) is 8.10. The van der Waals surface area contributed by atoms with E-state index < -0.39 is 0 Å². The van der Waals surface area contributed by atoms with Gasteiger partial charge in [-0.05, 0) is 19.3 Å². The molecule has 0 saturated heterocycles. The van der Waals surface area contributed by atoms with E-state index in [2.05, 4.69) is 43.0 Å². The van der Waals surface area contributed by atoms with Crippen molar-refractivity contribution in [1.82, 2.24) is 9.97 Å². The zero-order chi connectivity index (χ0) is 12.8. The molecular formula is C13H23N3O. The molecule has 96 valence electrons. The Morgan fingerprint density at radius 2 is 2.00 bits per heavy atom. The number of hydrogen-bond donors (Lipinski definition) is 1. The van der Waals surface area contributed by atoms with Crippen molar-refractivity contribution in [2.75, 3.05) is 12.4 Å². The number of rotatable bonds is 6. The molecule has 1 aromatic rings. The van der Waals surface area contributed by atoms with Gasteiger partial charge in [0.15, 0.2) is 0 Å². The number of hydrogen-bond acceptors (Lipinski definition) is 4. The van der Waals surface area contributed by atoms with Crippen LogP contribution in [0.15, 0.2) is 6.33 Å². The van der Waals surface area contributed by atoms with Gasteiger partial charge in [-0.15, -0.1) is 0 Å². The van der Waals surface area contributed by atoms with Gasteiger partial charge >= 0.3 is 0 Å². The molecule has 1 rings (SSSR count). The van der Waals surface area contributed by atoms with E-state index in [-0.39, 0.29) is 6.10 Å². The molecule has 0 saturated carbocycles. The van der Waals surface area contributed by atoms with Gasteiger partial charge in [-0.2, -0.15) is 0 Å². The van der Waals surface area contributed by atoms with Crippen molar-refractivity contribution >= 4 is 5.82 Å². The number of anilines is 1. The maximum Gasteiger partial charge on any atom is 0.222 e. The van der Waals surface area contributed by atoms with Gasteiger partial charge in [-0.3, -0.25) is 0 Å². The van der Waals surface area contributed by atoms with Crippen LogP contribution in [0.5, 0.6) is 5.88 Å². The second-order valence-electron chi connectivity index (χ2n) is 4.56. The van der Waals surface area contributed by atoms with Crippen molar-refractivity contribution in [3.05, 3.63) is 11.9 Å². The molecule has 4 heteroatoms. The average molecular weight is 237 g/mol. The summed E-state index contributed by atoms with van der Waals surface area (Å²) in [6.07, 6.45) is 3.89. The molecule has 0 aromatic carbocycles. The molecule has 1 atom stereocenters. The summed E-state index contributed by atoms with van der Waals surface area (Å²) >= 11 is 0. The normalized spacial score (nSPS) is 12.6. The van der Waals surface area contributed by atoms with Crippen molar-refractivity contribution in [2.45, 2.75) is 52.6 Å². The SMILES string of the molecule is CCCC(C)Oc1ncnc(NC)c1C(C)C. The Bertz CT molecular complexity index is 353. The lowest BCUT2D eigenvalue weighted by atomic mass is 10.1. The summed E-state index contributed by atoms with van der Waals surface area (Å²) in [6, 6.07) is 0. The third-order valence-electron chi connectivity index (χ3n) is 2.67. The van der Waals surface area contributed by atoms with Crippen LogP contribution in [0, 0.1) is 0 Å². The Balaban J connectivity index is 2.97. The number of nitrogens with zero attached hydrogens (tertiary/aromatic N) is 2. The van der Waals surface area contributed by atoms with Crippen LogP contribution >= 0.6 is 0 Å². The number of aromatic nitrogens is 2. The van der Waals surface area contributed by atoms with E-state index in [0.29, 0.717) is 11.8 Å². The smallest absolute Gasteiger partial charge is 0.222 e. The van der Waals surface area contributed by atoms with Crippen molar-refractivity contribution < 1.29 is 4.74 Å². The first-order valence-electron chi connectivity index (χ1n) is 6.29. The van der Waals surface area contributed by atoms with Gasteiger partial charge in [-0.25, -0.2) is 9.97 Å². The van der Waals surface area contributed by atoms with E-state index in [0.717, 1.165) is 24.2 Å². The topological polar surface area (TPSA) is 47.0 Å². The van der Waals surface area contributed by atoms with Crippen LogP contribution < -0.4 is 10.1 Å². The fourth-order valence-corrected chi connectivity index (χ4v) is 1.85. The summed E-state index contributed by atoms with van der Waals surface area (Å²) in [5, 5.41) is 3.09. The third kappa shape index (κ3) is 3.58. The summed E-state index contributed by atoms with van der Waals surface area (Å²) < 4.78 is 5.90. The molecule has 1 heterocycles. The molecule has 0 radical (unpaired) electrons. The molecule has 1 N–H and O–H groups in total. The molecule has 17 heavy (non-hydrogen) atoms. The Morgan fingerprint density at radius 3 is 2.53 bits per heavy atom. The highest BCUT2D eigenvalue weighted by molar-refractivity contribution is 5.50. The van der Waals surface area contributed by atoms with E-state index in [1.165, 1.54) is 0 Å². The predicted octanol–water partition coefficient (Wildman–Crippen LogP) is 3.21. The third-order valence-corrected chi connectivity index (χ3v) is 2.67. The van der Waals surface area contributed by atoms with E-state index in [1.807, 2.05) is 7.05 Å². The molecule has 0 spiro atoms. The zero-order valence-electron chi connectivity index (χ0n) is 11.4. The van der Waals surface area contributed by atoms with Crippen LogP contribution in [-0.2, 0) is 0 Å². The minimum atomic E-state index is 0.192. The Morgan fingerprint density at radius 1 is 1.29 bits per heavy atom. The predicted molar refractivity (Wildman–Crippen MR) is 70.7 cm³/mol. The molecule has 0 bridgehead atoms. The van der Waals surface area contributed by atoms with E-state index in [1.54, 1.807) is 6.33 Å². The van der Waals surface area contributed by atoms with Gasteiger partial charge in [0.2, 0.25) is 5.88 Å². The minimum Gasteiger partial charge on any atom is -0.474 e. The van der Waals surface area contributed by atoms with Gasteiger partial charge in [-0.1, -0.05) is 27.2 Å². The van der Waals surface area contributed by atoms with Crippen molar-refractivity contribution in [3.8, 4) is 5.88 Å². The van der Waals surface area contributed by atoms with E-state index >= 15 is 0 Å². The molecule has 0 aliphatic heterocycles. The summed E-state index contributed by atoms with van der Waals surface area (Å²) in [7, 11) is 1.87. The molecule has 1 aromatic heterocycles. The molecule has 0 amide bonds. The first kappa shape index (κ1) is 13.7. The average Bonchev–Trinajstić information content (AvgIpc) is 2.28. The Hall–Kier alpha value is -1.32. The second-order valence-corrected chi connectivity index (χ2v) is 4.56. The van der Waals surface area contributed by atoms with Gasteiger partial charge in [0, 0.05) is 7.05 Å². The van der Waals surface area contributed by atoms with Gasteiger partial charge < -0.3 is 10.1 Å². The Labute approximate surface area is 104 Å². The van der Waals surface area contributed by atoms with Crippen LogP contribution in [-0.4, -0.2) is 23.1 Å². The van der Waals surface area contributed by atoms with Crippen LogP contribution in [0.4, 0.5) is 5.82 Å². The van der Waals surface area contributed by atoms with Crippen LogP contribution in [0.1, 0.15) is 52.0 Å². The zero-order valence-corrected chi connectivity index (χ0v) is 11.4. The lowest BCUT2D eigenvalue weighted by molar-refractivity contribution is 0.198. The maximum absolute atomic E-state index is 5.90. The quantitative estimate of drug-likeness (QED) is 0.825. The first-order valence-corrected chi connectivity index (χ1v) is 6.29. The van der Waals surface area contributed by atoms with Gasteiger partial charge in [0.1, 0.15) is 12.1 Å². The van der Waals surface area contributed by atoms with Crippen LogP contribution in [0.2, 0.25) is 0 Å². The van der Waals surface area contributed by atoms with Crippen molar-refractivity contribution in [1.29, 1.82) is 0 Å². The minimum absolute atomic E-state index is 0.192. The molecule has 4 nitrogen and oxygen atoms in total. The second kappa shape index (κ2) is 6.42. The highest BCUT2D eigenvalue weighted by Gasteiger charge is 2.17. The van der Waals surface area contributed by atoms with Gasteiger partial charge in [0.05, 0.1) is 11.7 Å². The van der Waals surface area contributed by atoms with E-state index in [9.17, 15) is 0 Å². The highest BCUT2D eigenvalue weighted by Crippen LogP contribution is 2.30. The van der Waals surface area contributed by atoms with Crippen LogP contribution in [0.3, 0.4) is 0 Å². The maximum atomic E-state index is 5.90. The highest BCUT2D eigenvalue weighted by atomic mass is 16.5. The standard InChI is InChI=1S/C13H23N3O/c1-6-7-10(4)17-13-11(9(2)3)12(14-5)15-8-16-13/h8-10H,6-7H2,1-5H3,(H,14,15,16). The summed E-state index contributed by atoms with van der Waals surface area (Å²) in [6.45, 7) is 8.48. The lowest BCUT2D eigenvalue weighted by Gasteiger charge is -2.19. The summed E-state index contributed by atoms with van der Waals surface area (Å²) in [4.78, 5) is 8.49. The van der Waals surface area contributed by atoms with Crippen molar-refractivity contribution in [2.24, 2.45) is 0 Å². The lowest BCUT2D eigenvalue weighted by Crippen LogP contribution is -2.15. The van der Waals surface area contributed by atoms with Gasteiger partial charge in [0.25, 0.3) is 0 Å². The molecule has 0 aliphatic rings. The molecule has 0 fully saturated rings. The molecule has 1 unspecified atom stereocenters. The fraction of sp³-hybridized carbons (Fsp3) is 0.692. The molecular weight excluding hydrogens is 214 g/mol. The summed E-state index contributed by atoms with van der Waals surface area (Å²) in [5.41, 5.74) is 1.05. The monoisotopic (exact) mass is 237 g/mol. The largest absolute Gasteiger partial charge is 0.474 e. The fourth-order valence-electron chi connectivity index (χ4n) is 1.85. The Kier molecular flexibility index (Phi) is 5.19. The number of nitrogens with one attached hydrogen (secondary N) is 1. The molecule has 0 aliphatic carbocycles. The number of ether oxygens (including phenoxy) is 1. The van der Waals surface area contributed by atoms with Crippen LogP contribution in [0.25, 0.3) is 0 Å². The van der Waals surface area contributed by atoms with Crippen molar-refractivity contribution in [3.63, 3.8) is 0 Å².